The van der Waals surface area contributed by atoms with Crippen LogP contribution in [0.2, 0.25) is 0 Å². The maximum atomic E-state index is 11.8. The van der Waals surface area contributed by atoms with Gasteiger partial charge in [0, 0.05) is 0 Å². The summed E-state index contributed by atoms with van der Waals surface area (Å²) < 4.78 is 16.1. The molecule has 0 fully saturated rings. The molecule has 0 unspecified atom stereocenters. The van der Waals surface area contributed by atoms with Crippen molar-refractivity contribution < 1.29 is 13.9 Å². The Morgan fingerprint density at radius 3 is 2.50 bits per heavy atom. The van der Waals surface area contributed by atoms with Gasteiger partial charge in [0.1, 0.15) is 0 Å². The van der Waals surface area contributed by atoms with Crippen LogP contribution in [0.4, 0.5) is 4.39 Å². The number of rotatable bonds is 2. The minimum absolute atomic E-state index is 0.243. The lowest BCUT2D eigenvalue weighted by molar-refractivity contribution is -0.148. The maximum absolute atomic E-state index is 11.8. The molecule has 0 aromatic rings. The van der Waals surface area contributed by atoms with Crippen LogP contribution >= 0.6 is 0 Å². The third kappa shape index (κ3) is 2.55. The number of ether oxygens (including phenoxy) is 1. The van der Waals surface area contributed by atoms with Crippen LogP contribution in [0.25, 0.3) is 0 Å². The SMILES string of the molecule is CCOC(=O)[C@@H](C)F. The van der Waals surface area contributed by atoms with Gasteiger partial charge in [-0.15, -0.1) is 0 Å². The van der Waals surface area contributed by atoms with Gasteiger partial charge >= 0.3 is 5.97 Å². The predicted octanol–water partition coefficient (Wildman–Crippen LogP) is 0.907. The van der Waals surface area contributed by atoms with Crippen LogP contribution in [0.15, 0.2) is 0 Å². The topological polar surface area (TPSA) is 26.3 Å². The van der Waals surface area contributed by atoms with E-state index in [1.54, 1.807) is 6.92 Å². The second-order valence-corrected chi connectivity index (χ2v) is 1.37. The van der Waals surface area contributed by atoms with Gasteiger partial charge in [-0.25, -0.2) is 9.18 Å². The Kier molecular flexibility index (Phi) is 3.15. The first-order valence-corrected chi connectivity index (χ1v) is 2.49. The largest absolute Gasteiger partial charge is 0.464 e. The highest BCUT2D eigenvalue weighted by atomic mass is 19.1. The Labute approximate surface area is 47.6 Å². The van der Waals surface area contributed by atoms with Crippen LogP contribution in [-0.2, 0) is 9.53 Å². The zero-order valence-electron chi connectivity index (χ0n) is 4.98. The van der Waals surface area contributed by atoms with E-state index in [9.17, 15) is 9.18 Å². The van der Waals surface area contributed by atoms with Crippen LogP contribution < -0.4 is 0 Å². The third-order valence-corrected chi connectivity index (χ3v) is 0.611. The van der Waals surface area contributed by atoms with E-state index in [1.807, 2.05) is 0 Å². The van der Waals surface area contributed by atoms with Gasteiger partial charge in [-0.2, -0.15) is 0 Å². The number of carbonyl (C=O) groups excluding carboxylic acids is 1. The Bertz CT molecular complexity index is 80.5. The molecule has 0 aromatic carbocycles. The normalized spacial score (nSPS) is 12.9. The van der Waals surface area contributed by atoms with E-state index in [0.29, 0.717) is 0 Å². The quantitative estimate of drug-likeness (QED) is 0.506. The molecular formula is C5H9FO2. The van der Waals surface area contributed by atoms with E-state index in [0.717, 1.165) is 6.92 Å². The Morgan fingerprint density at radius 1 is 1.88 bits per heavy atom. The lowest BCUT2D eigenvalue weighted by Gasteiger charge is -1.99. The van der Waals surface area contributed by atoms with Gasteiger partial charge in [0.05, 0.1) is 6.61 Å². The van der Waals surface area contributed by atoms with Gasteiger partial charge in [-0.1, -0.05) is 0 Å². The van der Waals surface area contributed by atoms with Crippen molar-refractivity contribution in [3.63, 3.8) is 0 Å². The predicted molar refractivity (Wildman–Crippen MR) is 27.2 cm³/mol. The molecule has 48 valence electrons. The van der Waals surface area contributed by atoms with Gasteiger partial charge in [0.25, 0.3) is 0 Å². The molecule has 0 saturated carbocycles. The van der Waals surface area contributed by atoms with Gasteiger partial charge in [0.15, 0.2) is 6.17 Å². The van der Waals surface area contributed by atoms with E-state index in [-0.39, 0.29) is 6.61 Å². The molecule has 0 aliphatic heterocycles. The molecule has 1 atom stereocenters. The number of esters is 1. The summed E-state index contributed by atoms with van der Waals surface area (Å²) in [6, 6.07) is 0. The van der Waals surface area contributed by atoms with E-state index < -0.39 is 12.1 Å². The molecular weight excluding hydrogens is 111 g/mol. The summed E-state index contributed by atoms with van der Waals surface area (Å²) in [6.45, 7) is 3.03. The molecule has 0 aromatic heterocycles. The summed E-state index contributed by atoms with van der Waals surface area (Å²) in [5, 5.41) is 0. The van der Waals surface area contributed by atoms with E-state index in [2.05, 4.69) is 4.74 Å². The van der Waals surface area contributed by atoms with Crippen LogP contribution in [0, 0.1) is 0 Å². The van der Waals surface area contributed by atoms with Crippen molar-refractivity contribution in [2.75, 3.05) is 6.61 Å². The van der Waals surface area contributed by atoms with E-state index >= 15 is 0 Å². The molecule has 2 nitrogen and oxygen atoms in total. The molecule has 0 spiro atoms. The van der Waals surface area contributed by atoms with Crippen molar-refractivity contribution in [2.45, 2.75) is 20.0 Å². The minimum Gasteiger partial charge on any atom is -0.464 e. The number of carbonyl (C=O) groups is 1. The van der Waals surface area contributed by atoms with Gasteiger partial charge in [0.2, 0.25) is 0 Å². The molecule has 0 aliphatic rings. The Hall–Kier alpha value is -0.600. The zero-order chi connectivity index (χ0) is 6.57. The lowest BCUT2D eigenvalue weighted by Crippen LogP contribution is -2.14. The second kappa shape index (κ2) is 3.41. The van der Waals surface area contributed by atoms with Crippen LogP contribution in [0.3, 0.4) is 0 Å². The highest BCUT2D eigenvalue weighted by molar-refractivity contribution is 5.73. The van der Waals surface area contributed by atoms with Crippen molar-refractivity contribution >= 4 is 5.97 Å². The Morgan fingerprint density at radius 2 is 2.38 bits per heavy atom. The van der Waals surface area contributed by atoms with Crippen LogP contribution in [0.5, 0.6) is 0 Å². The molecule has 0 rings (SSSR count). The van der Waals surface area contributed by atoms with Crippen molar-refractivity contribution in [1.29, 1.82) is 0 Å². The van der Waals surface area contributed by atoms with Crippen molar-refractivity contribution in [2.24, 2.45) is 0 Å². The standard InChI is InChI=1S/C5H9FO2/c1-3-8-5(7)4(2)6/h4H,3H2,1-2H3/t4-/m1/s1. The fourth-order valence-corrected chi connectivity index (χ4v) is 0.257. The third-order valence-electron chi connectivity index (χ3n) is 0.611. The summed E-state index contributed by atoms with van der Waals surface area (Å²) in [7, 11) is 0. The second-order valence-electron chi connectivity index (χ2n) is 1.37. The summed E-state index contributed by atoms with van der Waals surface area (Å²) in [5.41, 5.74) is 0. The molecule has 0 N–H and O–H groups in total. The molecule has 8 heavy (non-hydrogen) atoms. The first-order valence-electron chi connectivity index (χ1n) is 2.49. The summed E-state index contributed by atoms with van der Waals surface area (Å²) in [6.07, 6.45) is -1.49. The fourth-order valence-electron chi connectivity index (χ4n) is 0.257. The average Bonchev–Trinajstić information content (AvgIpc) is 1.67. The smallest absolute Gasteiger partial charge is 0.340 e. The maximum Gasteiger partial charge on any atom is 0.340 e. The zero-order valence-corrected chi connectivity index (χ0v) is 4.98. The summed E-state index contributed by atoms with van der Waals surface area (Å²) in [5.74, 6) is -0.785. The Balaban J connectivity index is 3.33. The highest BCUT2D eigenvalue weighted by Crippen LogP contribution is 1.90. The van der Waals surface area contributed by atoms with Crippen molar-refractivity contribution in [3.05, 3.63) is 0 Å². The number of halogens is 1. The van der Waals surface area contributed by atoms with Crippen molar-refractivity contribution in [3.8, 4) is 0 Å². The number of hydrogen-bond donors (Lipinski definition) is 0. The number of alkyl halides is 1. The van der Waals surface area contributed by atoms with Crippen molar-refractivity contribution in [1.82, 2.24) is 0 Å². The summed E-state index contributed by atoms with van der Waals surface area (Å²) >= 11 is 0. The molecule has 0 bridgehead atoms. The molecule has 3 heteroatoms. The van der Waals surface area contributed by atoms with Crippen LogP contribution in [0.1, 0.15) is 13.8 Å². The summed E-state index contributed by atoms with van der Waals surface area (Å²) in [4.78, 5) is 10.1. The monoisotopic (exact) mass is 120 g/mol. The van der Waals surface area contributed by atoms with E-state index in [4.69, 9.17) is 0 Å². The minimum atomic E-state index is -1.49. The number of hydrogen-bond acceptors (Lipinski definition) is 2. The lowest BCUT2D eigenvalue weighted by atomic mass is 10.5. The van der Waals surface area contributed by atoms with E-state index in [1.165, 1.54) is 0 Å². The molecule has 0 heterocycles. The fraction of sp³-hybridized carbons (Fsp3) is 0.800. The highest BCUT2D eigenvalue weighted by Gasteiger charge is 2.09. The molecule has 0 aliphatic carbocycles. The molecule has 0 saturated heterocycles. The molecule has 0 radical (unpaired) electrons. The van der Waals surface area contributed by atoms with Crippen LogP contribution in [-0.4, -0.2) is 18.7 Å². The first kappa shape index (κ1) is 7.40. The molecule has 0 amide bonds. The van der Waals surface area contributed by atoms with Gasteiger partial charge in [-0.05, 0) is 13.8 Å². The van der Waals surface area contributed by atoms with Gasteiger partial charge < -0.3 is 4.74 Å². The first-order chi connectivity index (χ1) is 3.68. The average molecular weight is 120 g/mol. The van der Waals surface area contributed by atoms with Gasteiger partial charge in [-0.3, -0.25) is 0 Å².